The van der Waals surface area contributed by atoms with Crippen LogP contribution in [0, 0.1) is 6.92 Å². The largest absolute Gasteiger partial charge is 0.508 e. The number of aromatic hydroxyl groups is 1. The van der Waals surface area contributed by atoms with Crippen molar-refractivity contribution in [1.82, 2.24) is 10.6 Å². The van der Waals surface area contributed by atoms with Gasteiger partial charge in [0, 0.05) is 20.4 Å². The number of benzene rings is 1. The second-order valence-corrected chi connectivity index (χ2v) is 4.18. The van der Waals surface area contributed by atoms with Crippen molar-refractivity contribution in [1.29, 1.82) is 0 Å². The summed E-state index contributed by atoms with van der Waals surface area (Å²) in [6, 6.07) is 4.35. The van der Waals surface area contributed by atoms with E-state index in [9.17, 15) is 14.7 Å². The Morgan fingerprint density at radius 2 is 2.06 bits per heavy atom. The lowest BCUT2D eigenvalue weighted by atomic mass is 10.00. The van der Waals surface area contributed by atoms with Gasteiger partial charge in [0.1, 0.15) is 11.8 Å². The fourth-order valence-electron chi connectivity index (χ4n) is 1.76. The molecule has 0 bridgehead atoms. The first-order valence-corrected chi connectivity index (χ1v) is 5.71. The van der Waals surface area contributed by atoms with Crippen LogP contribution in [0.4, 0.5) is 0 Å². The predicted octanol–water partition coefficient (Wildman–Crippen LogP) is 0.494. The summed E-state index contributed by atoms with van der Waals surface area (Å²) in [5, 5.41) is 14.4. The number of aryl methyl sites for hydroxylation is 1. The van der Waals surface area contributed by atoms with E-state index in [1.54, 1.807) is 18.2 Å². The minimum Gasteiger partial charge on any atom is -0.508 e. The van der Waals surface area contributed by atoms with E-state index in [-0.39, 0.29) is 17.6 Å². The van der Waals surface area contributed by atoms with Gasteiger partial charge in [0.15, 0.2) is 0 Å². The van der Waals surface area contributed by atoms with E-state index in [1.165, 1.54) is 14.0 Å². The maximum absolute atomic E-state index is 11.7. The number of phenols is 1. The van der Waals surface area contributed by atoms with Crippen LogP contribution in [0.3, 0.4) is 0 Å². The highest BCUT2D eigenvalue weighted by molar-refractivity contribution is 5.86. The quantitative estimate of drug-likeness (QED) is 0.728. The molecule has 0 aromatic heterocycles. The Morgan fingerprint density at radius 3 is 2.56 bits per heavy atom. The Labute approximate surface area is 106 Å². The number of nitrogens with one attached hydrogen (secondary N) is 2. The van der Waals surface area contributed by atoms with Gasteiger partial charge in [-0.15, -0.1) is 0 Å². The molecule has 1 aromatic rings. The molecule has 1 atom stereocenters. The summed E-state index contributed by atoms with van der Waals surface area (Å²) in [6.07, 6.45) is 0.394. The summed E-state index contributed by atoms with van der Waals surface area (Å²) >= 11 is 0. The molecule has 5 nitrogen and oxygen atoms in total. The number of carbonyl (C=O) groups excluding carboxylic acids is 2. The monoisotopic (exact) mass is 250 g/mol. The number of rotatable bonds is 4. The number of carbonyl (C=O) groups is 2. The van der Waals surface area contributed by atoms with E-state index in [0.717, 1.165) is 11.1 Å². The molecule has 0 aliphatic heterocycles. The van der Waals surface area contributed by atoms with Crippen molar-refractivity contribution in [2.45, 2.75) is 26.3 Å². The van der Waals surface area contributed by atoms with Crippen molar-refractivity contribution in [3.63, 3.8) is 0 Å². The number of hydrogen-bond acceptors (Lipinski definition) is 3. The second-order valence-electron chi connectivity index (χ2n) is 4.18. The van der Waals surface area contributed by atoms with Crippen molar-refractivity contribution < 1.29 is 14.7 Å². The van der Waals surface area contributed by atoms with E-state index in [1.807, 2.05) is 6.92 Å². The van der Waals surface area contributed by atoms with Crippen molar-refractivity contribution in [3.8, 4) is 5.75 Å². The Kier molecular flexibility index (Phi) is 4.71. The number of hydrogen-bond donors (Lipinski definition) is 3. The van der Waals surface area contributed by atoms with Gasteiger partial charge in [0.05, 0.1) is 0 Å². The van der Waals surface area contributed by atoms with Gasteiger partial charge in [-0.25, -0.2) is 0 Å². The molecule has 2 amide bonds. The third-order valence-electron chi connectivity index (χ3n) is 2.69. The summed E-state index contributed by atoms with van der Waals surface area (Å²) in [4.78, 5) is 22.7. The van der Waals surface area contributed by atoms with Gasteiger partial charge >= 0.3 is 0 Å². The number of likely N-dealkylation sites (N-methyl/N-ethyl adjacent to an activating group) is 1. The normalized spacial score (nSPS) is 11.7. The van der Waals surface area contributed by atoms with Gasteiger partial charge < -0.3 is 15.7 Å². The molecule has 18 heavy (non-hydrogen) atoms. The average molecular weight is 250 g/mol. The molecule has 0 saturated carbocycles. The molecule has 5 heteroatoms. The van der Waals surface area contributed by atoms with Gasteiger partial charge in [-0.3, -0.25) is 9.59 Å². The van der Waals surface area contributed by atoms with Gasteiger partial charge in [0.25, 0.3) is 0 Å². The molecule has 0 saturated heterocycles. The Balaban J connectivity index is 2.88. The fraction of sp³-hybridized carbons (Fsp3) is 0.385. The number of phenolic OH excluding ortho intramolecular Hbond substituents is 1. The molecule has 0 heterocycles. The van der Waals surface area contributed by atoms with E-state index in [0.29, 0.717) is 6.42 Å². The summed E-state index contributed by atoms with van der Waals surface area (Å²) in [6.45, 7) is 3.23. The molecule has 1 unspecified atom stereocenters. The Morgan fingerprint density at radius 1 is 1.39 bits per heavy atom. The molecule has 1 aromatic carbocycles. The second kappa shape index (κ2) is 6.05. The third-order valence-corrected chi connectivity index (χ3v) is 2.69. The highest BCUT2D eigenvalue weighted by Crippen LogP contribution is 2.17. The first kappa shape index (κ1) is 14.0. The molecule has 98 valence electrons. The standard InChI is InChI=1S/C13H18N2O3/c1-8-6-11(17)5-4-10(8)7-12(13(18)14-3)15-9(2)16/h4-6,12,17H,7H2,1-3H3,(H,14,18)(H,15,16). The fourth-order valence-corrected chi connectivity index (χ4v) is 1.76. The molecule has 0 fully saturated rings. The van der Waals surface area contributed by atoms with Crippen LogP contribution in [-0.2, 0) is 16.0 Å². The van der Waals surface area contributed by atoms with Crippen LogP contribution >= 0.6 is 0 Å². The summed E-state index contributed by atoms with van der Waals surface area (Å²) < 4.78 is 0. The minimum absolute atomic E-state index is 0.187. The van der Waals surface area contributed by atoms with E-state index in [2.05, 4.69) is 10.6 Å². The molecule has 0 aliphatic carbocycles. The number of amides is 2. The summed E-state index contributed by atoms with van der Waals surface area (Å²) in [5.41, 5.74) is 1.80. The summed E-state index contributed by atoms with van der Waals surface area (Å²) in [5.74, 6) is -0.301. The molecule has 0 spiro atoms. The maximum Gasteiger partial charge on any atom is 0.242 e. The third kappa shape index (κ3) is 3.76. The van der Waals surface area contributed by atoms with Crippen LogP contribution in [0.15, 0.2) is 18.2 Å². The smallest absolute Gasteiger partial charge is 0.242 e. The maximum atomic E-state index is 11.7. The van der Waals surface area contributed by atoms with Crippen molar-refractivity contribution >= 4 is 11.8 Å². The van der Waals surface area contributed by atoms with Crippen molar-refractivity contribution in [2.24, 2.45) is 0 Å². The Bertz CT molecular complexity index is 458. The predicted molar refractivity (Wildman–Crippen MR) is 68.2 cm³/mol. The van der Waals surface area contributed by atoms with Crippen LogP contribution in [-0.4, -0.2) is 30.0 Å². The zero-order valence-corrected chi connectivity index (χ0v) is 10.8. The lowest BCUT2D eigenvalue weighted by Crippen LogP contribution is -2.46. The zero-order valence-electron chi connectivity index (χ0n) is 10.8. The van der Waals surface area contributed by atoms with Crippen molar-refractivity contribution in [3.05, 3.63) is 29.3 Å². The Hall–Kier alpha value is -2.04. The lowest BCUT2D eigenvalue weighted by Gasteiger charge is -2.17. The van der Waals surface area contributed by atoms with Gasteiger partial charge in [-0.2, -0.15) is 0 Å². The summed E-state index contributed by atoms with van der Waals surface area (Å²) in [7, 11) is 1.53. The van der Waals surface area contributed by atoms with Crippen LogP contribution in [0.1, 0.15) is 18.1 Å². The highest BCUT2D eigenvalue weighted by atomic mass is 16.3. The molecule has 0 aliphatic rings. The molecule has 0 radical (unpaired) electrons. The molecular formula is C13H18N2O3. The first-order chi connectivity index (χ1) is 8.43. The van der Waals surface area contributed by atoms with Crippen LogP contribution in [0.5, 0.6) is 5.75 Å². The van der Waals surface area contributed by atoms with Crippen molar-refractivity contribution in [2.75, 3.05) is 7.05 Å². The molecular weight excluding hydrogens is 232 g/mol. The van der Waals surface area contributed by atoms with Crippen LogP contribution in [0.25, 0.3) is 0 Å². The minimum atomic E-state index is -0.601. The van der Waals surface area contributed by atoms with E-state index in [4.69, 9.17) is 0 Å². The van der Waals surface area contributed by atoms with Gasteiger partial charge in [0.2, 0.25) is 11.8 Å². The van der Waals surface area contributed by atoms with Crippen LogP contribution in [0.2, 0.25) is 0 Å². The first-order valence-electron chi connectivity index (χ1n) is 5.71. The lowest BCUT2D eigenvalue weighted by molar-refractivity contribution is -0.127. The zero-order chi connectivity index (χ0) is 13.7. The van der Waals surface area contributed by atoms with E-state index < -0.39 is 6.04 Å². The van der Waals surface area contributed by atoms with E-state index >= 15 is 0 Å². The van der Waals surface area contributed by atoms with Gasteiger partial charge in [-0.05, 0) is 30.2 Å². The topological polar surface area (TPSA) is 78.4 Å². The van der Waals surface area contributed by atoms with Gasteiger partial charge in [-0.1, -0.05) is 6.07 Å². The highest BCUT2D eigenvalue weighted by Gasteiger charge is 2.19. The molecule has 1 rings (SSSR count). The average Bonchev–Trinajstić information content (AvgIpc) is 2.30. The van der Waals surface area contributed by atoms with Crippen LogP contribution < -0.4 is 10.6 Å². The SMILES string of the molecule is CNC(=O)C(Cc1ccc(O)cc1C)NC(C)=O. The molecule has 3 N–H and O–H groups in total.